The van der Waals surface area contributed by atoms with Crippen molar-refractivity contribution >= 4 is 17.4 Å². The van der Waals surface area contributed by atoms with Crippen molar-refractivity contribution in [2.45, 2.75) is 18.4 Å². The molecule has 1 saturated heterocycles. The Morgan fingerprint density at radius 2 is 1.90 bits per heavy atom. The summed E-state index contributed by atoms with van der Waals surface area (Å²) in [5.74, 6) is 1.44. The first-order valence-electron chi connectivity index (χ1n) is 9.63. The zero-order valence-electron chi connectivity index (χ0n) is 16.6. The first kappa shape index (κ1) is 19.1. The molecule has 1 spiro atoms. The summed E-state index contributed by atoms with van der Waals surface area (Å²) in [7, 11) is 3.24. The number of benzene rings is 2. The zero-order valence-corrected chi connectivity index (χ0v) is 16.6. The standard InChI is InChI=1S/C22H25N3O4/c1-27-17-7-5-6-16(14-17)19-15-22(29-24-19)10-12-25(13-11-22)21(26)23-18-8-3-4-9-20(18)28-2/h3-9,14-15,24H,10-13H2,1-2H3,(H,23,26). The maximum atomic E-state index is 12.7. The van der Waals surface area contributed by atoms with Crippen LogP contribution in [0.3, 0.4) is 0 Å². The summed E-state index contributed by atoms with van der Waals surface area (Å²) < 4.78 is 10.6. The average molecular weight is 395 g/mol. The molecule has 2 aromatic rings. The minimum atomic E-state index is -0.403. The van der Waals surface area contributed by atoms with E-state index in [1.807, 2.05) is 48.5 Å². The molecule has 1 fully saturated rings. The van der Waals surface area contributed by atoms with Gasteiger partial charge in [-0.25, -0.2) is 4.79 Å². The Bertz CT molecular complexity index is 920. The highest BCUT2D eigenvalue weighted by Gasteiger charge is 2.40. The van der Waals surface area contributed by atoms with Gasteiger partial charge in [0.15, 0.2) is 0 Å². The lowest BCUT2D eigenvalue weighted by Gasteiger charge is -2.36. The third-order valence-electron chi connectivity index (χ3n) is 5.40. The molecular weight excluding hydrogens is 370 g/mol. The predicted octanol–water partition coefficient (Wildman–Crippen LogP) is 3.65. The zero-order chi connectivity index (χ0) is 20.3. The number of methoxy groups -OCH3 is 2. The van der Waals surface area contributed by atoms with Crippen molar-refractivity contribution in [1.29, 1.82) is 0 Å². The number of nitrogens with one attached hydrogen (secondary N) is 2. The second-order valence-electron chi connectivity index (χ2n) is 7.18. The number of rotatable bonds is 4. The van der Waals surface area contributed by atoms with Crippen molar-refractivity contribution in [1.82, 2.24) is 10.4 Å². The van der Waals surface area contributed by atoms with E-state index in [9.17, 15) is 4.79 Å². The Hall–Kier alpha value is -3.19. The Morgan fingerprint density at radius 3 is 2.66 bits per heavy atom. The van der Waals surface area contributed by atoms with E-state index in [0.29, 0.717) is 37.4 Å². The molecule has 0 aliphatic carbocycles. The fraction of sp³-hybridized carbons (Fsp3) is 0.318. The van der Waals surface area contributed by atoms with Gasteiger partial charge in [0.1, 0.15) is 17.1 Å². The van der Waals surface area contributed by atoms with Crippen LogP contribution in [0.2, 0.25) is 0 Å². The second kappa shape index (κ2) is 8.05. The van der Waals surface area contributed by atoms with E-state index < -0.39 is 5.60 Å². The molecule has 0 bridgehead atoms. The highest BCUT2D eigenvalue weighted by molar-refractivity contribution is 5.91. The molecule has 0 atom stereocenters. The predicted molar refractivity (Wildman–Crippen MR) is 111 cm³/mol. The van der Waals surface area contributed by atoms with Crippen molar-refractivity contribution in [2.24, 2.45) is 0 Å². The van der Waals surface area contributed by atoms with Gasteiger partial charge in [0.25, 0.3) is 0 Å². The molecule has 2 heterocycles. The van der Waals surface area contributed by atoms with Crippen molar-refractivity contribution < 1.29 is 19.1 Å². The van der Waals surface area contributed by atoms with E-state index in [1.165, 1.54) is 0 Å². The summed E-state index contributed by atoms with van der Waals surface area (Å²) >= 11 is 0. The summed E-state index contributed by atoms with van der Waals surface area (Å²) in [6.07, 6.45) is 3.55. The Labute approximate surface area is 170 Å². The molecule has 7 heteroatoms. The molecule has 7 nitrogen and oxygen atoms in total. The van der Waals surface area contributed by atoms with Gasteiger partial charge < -0.3 is 19.7 Å². The van der Waals surface area contributed by atoms with Crippen molar-refractivity contribution in [3.05, 3.63) is 60.2 Å². The number of amides is 2. The SMILES string of the molecule is COc1cccc(C2=CC3(CCN(C(=O)Nc4ccccc4OC)CC3)ON2)c1. The van der Waals surface area contributed by atoms with Gasteiger partial charge in [0, 0.05) is 31.5 Å². The molecule has 2 aliphatic heterocycles. The van der Waals surface area contributed by atoms with Gasteiger partial charge in [-0.2, -0.15) is 0 Å². The lowest BCUT2D eigenvalue weighted by Crippen LogP contribution is -2.48. The van der Waals surface area contributed by atoms with E-state index in [0.717, 1.165) is 17.0 Å². The van der Waals surface area contributed by atoms with Gasteiger partial charge in [-0.3, -0.25) is 10.3 Å². The Kier molecular flexibility index (Phi) is 5.31. The summed E-state index contributed by atoms with van der Waals surface area (Å²) in [4.78, 5) is 20.4. The van der Waals surface area contributed by atoms with Gasteiger partial charge in [0.2, 0.25) is 0 Å². The highest BCUT2D eigenvalue weighted by atomic mass is 16.7. The second-order valence-corrected chi connectivity index (χ2v) is 7.18. The lowest BCUT2D eigenvalue weighted by atomic mass is 9.90. The van der Waals surface area contributed by atoms with Crippen LogP contribution >= 0.6 is 0 Å². The minimum absolute atomic E-state index is 0.132. The van der Waals surface area contributed by atoms with Gasteiger partial charge in [-0.05, 0) is 30.3 Å². The van der Waals surface area contributed by atoms with E-state index >= 15 is 0 Å². The molecule has 2 aliphatic rings. The van der Waals surface area contributed by atoms with Crippen LogP contribution in [0.1, 0.15) is 18.4 Å². The molecule has 29 heavy (non-hydrogen) atoms. The Balaban J connectivity index is 1.40. The van der Waals surface area contributed by atoms with Crippen LogP contribution in [0.4, 0.5) is 10.5 Å². The number of urea groups is 1. The van der Waals surface area contributed by atoms with E-state index in [-0.39, 0.29) is 6.03 Å². The van der Waals surface area contributed by atoms with Crippen molar-refractivity contribution in [2.75, 3.05) is 32.6 Å². The molecule has 0 unspecified atom stereocenters. The maximum Gasteiger partial charge on any atom is 0.321 e. The van der Waals surface area contributed by atoms with Crippen LogP contribution in [0, 0.1) is 0 Å². The third kappa shape index (κ3) is 4.00. The van der Waals surface area contributed by atoms with Crippen LogP contribution < -0.4 is 20.3 Å². The number of hydrogen-bond donors (Lipinski definition) is 2. The summed E-state index contributed by atoms with van der Waals surface area (Å²) in [5, 5.41) is 2.93. The molecule has 2 amide bonds. The van der Waals surface area contributed by atoms with E-state index in [2.05, 4.69) is 16.9 Å². The number of anilines is 1. The van der Waals surface area contributed by atoms with E-state index in [4.69, 9.17) is 14.3 Å². The van der Waals surface area contributed by atoms with Crippen LogP contribution in [-0.4, -0.2) is 43.8 Å². The molecule has 0 radical (unpaired) electrons. The number of ether oxygens (including phenoxy) is 2. The fourth-order valence-corrected chi connectivity index (χ4v) is 3.69. The highest BCUT2D eigenvalue weighted by Crippen LogP contribution is 2.35. The molecular formula is C22H25N3O4. The molecule has 4 rings (SSSR count). The fourth-order valence-electron chi connectivity index (χ4n) is 3.69. The number of carbonyl (C=O) groups is 1. The summed E-state index contributed by atoms with van der Waals surface area (Å²) in [6.45, 7) is 1.20. The third-order valence-corrected chi connectivity index (χ3v) is 5.40. The lowest BCUT2D eigenvalue weighted by molar-refractivity contribution is -0.0634. The minimum Gasteiger partial charge on any atom is -0.497 e. The normalized spacial score (nSPS) is 17.4. The quantitative estimate of drug-likeness (QED) is 0.827. The number of nitrogens with zero attached hydrogens (tertiary/aromatic N) is 1. The van der Waals surface area contributed by atoms with Gasteiger partial charge in [0.05, 0.1) is 25.6 Å². The monoisotopic (exact) mass is 395 g/mol. The number of piperidine rings is 1. The molecule has 2 N–H and O–H groups in total. The Morgan fingerprint density at radius 1 is 1.10 bits per heavy atom. The average Bonchev–Trinajstić information content (AvgIpc) is 3.18. The van der Waals surface area contributed by atoms with Gasteiger partial charge >= 0.3 is 6.03 Å². The van der Waals surface area contributed by atoms with E-state index in [1.54, 1.807) is 19.1 Å². The molecule has 0 aromatic heterocycles. The number of hydroxylamine groups is 1. The van der Waals surface area contributed by atoms with Crippen LogP contribution in [0.5, 0.6) is 11.5 Å². The number of carbonyl (C=O) groups excluding carboxylic acids is 1. The van der Waals surface area contributed by atoms with Crippen LogP contribution in [0.15, 0.2) is 54.6 Å². The molecule has 0 saturated carbocycles. The summed E-state index contributed by atoms with van der Waals surface area (Å²) in [5.41, 5.74) is 5.25. The van der Waals surface area contributed by atoms with Crippen LogP contribution in [0.25, 0.3) is 5.70 Å². The van der Waals surface area contributed by atoms with Crippen molar-refractivity contribution in [3.8, 4) is 11.5 Å². The topological polar surface area (TPSA) is 72.1 Å². The molecule has 152 valence electrons. The number of likely N-dealkylation sites (tertiary alicyclic amines) is 1. The smallest absolute Gasteiger partial charge is 0.321 e. The maximum absolute atomic E-state index is 12.7. The largest absolute Gasteiger partial charge is 0.497 e. The molecule has 2 aromatic carbocycles. The van der Waals surface area contributed by atoms with Gasteiger partial charge in [-0.15, -0.1) is 0 Å². The van der Waals surface area contributed by atoms with Crippen LogP contribution in [-0.2, 0) is 4.84 Å². The van der Waals surface area contributed by atoms with Crippen molar-refractivity contribution in [3.63, 3.8) is 0 Å². The van der Waals surface area contributed by atoms with Gasteiger partial charge in [-0.1, -0.05) is 24.3 Å². The first-order valence-corrected chi connectivity index (χ1v) is 9.63. The first-order chi connectivity index (χ1) is 14.1. The summed E-state index contributed by atoms with van der Waals surface area (Å²) in [6, 6.07) is 15.1. The number of para-hydroxylation sites is 2. The number of hydrogen-bond acceptors (Lipinski definition) is 5.